The molecule has 0 spiro atoms. The van der Waals surface area contributed by atoms with Crippen LogP contribution < -0.4 is 10.1 Å². The molecule has 36 heavy (non-hydrogen) atoms. The van der Waals surface area contributed by atoms with E-state index in [0.717, 1.165) is 33.7 Å². The highest BCUT2D eigenvalue weighted by atomic mass is 32.2. The predicted octanol–water partition coefficient (Wildman–Crippen LogP) is 5.19. The third-order valence-electron chi connectivity index (χ3n) is 6.11. The molecule has 1 heterocycles. The molecule has 1 N–H and O–H groups in total. The number of imidazole rings is 1. The third-order valence-corrected chi connectivity index (χ3v) is 7.86. The van der Waals surface area contributed by atoms with Crippen LogP contribution in [0, 0.1) is 0 Å². The highest BCUT2D eigenvalue weighted by molar-refractivity contribution is 7.91. The summed E-state index contributed by atoms with van der Waals surface area (Å²) in [5, 5.41) is 2.96. The number of carbonyl (C=O) groups excluding carboxylic acids is 1. The zero-order chi connectivity index (χ0) is 25.9. The first-order chi connectivity index (χ1) is 17.2. The summed E-state index contributed by atoms with van der Waals surface area (Å²) in [5.41, 5.74) is 4.41. The number of rotatable bonds is 9. The SMILES string of the molecule is CCS(=O)(=O)c1ccc(CC(=O)Nc2ccc3nc(Cc4ccc(OC)cc4)n(C(C)C)c3c2)cc1. The average molecular weight is 506 g/mol. The number of amides is 1. The highest BCUT2D eigenvalue weighted by Crippen LogP contribution is 2.26. The van der Waals surface area contributed by atoms with E-state index in [1.165, 1.54) is 0 Å². The molecule has 0 aliphatic rings. The van der Waals surface area contributed by atoms with Gasteiger partial charge in [0.1, 0.15) is 11.6 Å². The van der Waals surface area contributed by atoms with E-state index in [0.29, 0.717) is 12.1 Å². The summed E-state index contributed by atoms with van der Waals surface area (Å²) in [6, 6.07) is 20.4. The Balaban J connectivity index is 1.52. The van der Waals surface area contributed by atoms with Crippen LogP contribution in [0.4, 0.5) is 5.69 Å². The molecule has 7 nitrogen and oxygen atoms in total. The Labute approximate surface area is 212 Å². The van der Waals surface area contributed by atoms with E-state index in [2.05, 4.69) is 23.7 Å². The van der Waals surface area contributed by atoms with Gasteiger partial charge in [-0.2, -0.15) is 0 Å². The molecule has 0 fully saturated rings. The summed E-state index contributed by atoms with van der Waals surface area (Å²) in [7, 11) is -1.61. The van der Waals surface area contributed by atoms with Crippen molar-refractivity contribution in [2.24, 2.45) is 0 Å². The summed E-state index contributed by atoms with van der Waals surface area (Å²) in [6.07, 6.45) is 0.832. The standard InChI is InChI=1S/C28H31N3O4S/c1-5-36(33,34)24-13-8-21(9-14-24)17-28(32)29-22-10-15-25-26(18-22)31(19(2)3)27(30-25)16-20-6-11-23(35-4)12-7-20/h6-15,18-19H,5,16-17H2,1-4H3,(H,29,32). The van der Waals surface area contributed by atoms with Crippen LogP contribution in [0.15, 0.2) is 71.6 Å². The average Bonchev–Trinajstić information content (AvgIpc) is 3.22. The van der Waals surface area contributed by atoms with Gasteiger partial charge in [-0.05, 0) is 67.4 Å². The number of ether oxygens (including phenoxy) is 1. The van der Waals surface area contributed by atoms with Crippen molar-refractivity contribution in [1.29, 1.82) is 0 Å². The highest BCUT2D eigenvalue weighted by Gasteiger charge is 2.16. The quantitative estimate of drug-likeness (QED) is 0.338. The van der Waals surface area contributed by atoms with Crippen LogP contribution in [-0.2, 0) is 27.5 Å². The zero-order valence-corrected chi connectivity index (χ0v) is 21.8. The molecule has 8 heteroatoms. The number of anilines is 1. The zero-order valence-electron chi connectivity index (χ0n) is 21.0. The summed E-state index contributed by atoms with van der Waals surface area (Å²) < 4.78 is 31.4. The lowest BCUT2D eigenvalue weighted by Crippen LogP contribution is -2.14. The van der Waals surface area contributed by atoms with Gasteiger partial charge < -0.3 is 14.6 Å². The maximum absolute atomic E-state index is 12.7. The van der Waals surface area contributed by atoms with Crippen LogP contribution in [-0.4, -0.2) is 36.7 Å². The van der Waals surface area contributed by atoms with Crippen molar-refractivity contribution in [2.45, 2.75) is 44.6 Å². The molecule has 188 valence electrons. The van der Waals surface area contributed by atoms with Crippen LogP contribution in [0.1, 0.15) is 43.8 Å². The molecule has 0 radical (unpaired) electrons. The number of hydrogen-bond acceptors (Lipinski definition) is 5. The normalized spacial score (nSPS) is 11.7. The van der Waals surface area contributed by atoms with Crippen LogP contribution in [0.2, 0.25) is 0 Å². The lowest BCUT2D eigenvalue weighted by molar-refractivity contribution is -0.115. The Bertz CT molecular complexity index is 1470. The number of hydrogen-bond donors (Lipinski definition) is 1. The van der Waals surface area contributed by atoms with E-state index in [4.69, 9.17) is 9.72 Å². The lowest BCUT2D eigenvalue weighted by Gasteiger charge is -2.14. The number of carbonyl (C=O) groups is 1. The van der Waals surface area contributed by atoms with Crippen LogP contribution in [0.3, 0.4) is 0 Å². The van der Waals surface area contributed by atoms with Crippen molar-refractivity contribution in [2.75, 3.05) is 18.2 Å². The van der Waals surface area contributed by atoms with Gasteiger partial charge in [0.15, 0.2) is 9.84 Å². The summed E-state index contributed by atoms with van der Waals surface area (Å²) in [4.78, 5) is 17.8. The number of aromatic nitrogens is 2. The van der Waals surface area contributed by atoms with Gasteiger partial charge in [-0.3, -0.25) is 4.79 Å². The largest absolute Gasteiger partial charge is 0.497 e. The van der Waals surface area contributed by atoms with Crippen molar-refractivity contribution >= 4 is 32.5 Å². The fraction of sp³-hybridized carbons (Fsp3) is 0.286. The fourth-order valence-corrected chi connectivity index (χ4v) is 5.10. The van der Waals surface area contributed by atoms with Crippen LogP contribution in [0.5, 0.6) is 5.75 Å². The minimum atomic E-state index is -3.26. The van der Waals surface area contributed by atoms with Crippen molar-refractivity contribution in [1.82, 2.24) is 9.55 Å². The van der Waals surface area contributed by atoms with E-state index in [1.807, 2.05) is 42.5 Å². The second-order valence-corrected chi connectivity index (χ2v) is 11.3. The second-order valence-electron chi connectivity index (χ2n) is 8.99. The molecule has 0 unspecified atom stereocenters. The van der Waals surface area contributed by atoms with E-state index in [-0.39, 0.29) is 29.0 Å². The van der Waals surface area contributed by atoms with Crippen LogP contribution in [0.25, 0.3) is 11.0 Å². The summed E-state index contributed by atoms with van der Waals surface area (Å²) in [6.45, 7) is 5.85. The monoisotopic (exact) mass is 505 g/mol. The molecule has 0 aliphatic carbocycles. The molecule has 0 aliphatic heterocycles. The molecule has 0 bridgehead atoms. The molecule has 1 aromatic heterocycles. The first kappa shape index (κ1) is 25.4. The topological polar surface area (TPSA) is 90.3 Å². The van der Waals surface area contributed by atoms with Crippen molar-refractivity contribution < 1.29 is 17.9 Å². The smallest absolute Gasteiger partial charge is 0.228 e. The molecule has 0 saturated carbocycles. The number of methoxy groups -OCH3 is 1. The van der Waals surface area contributed by atoms with Gasteiger partial charge in [0.05, 0.1) is 35.2 Å². The Morgan fingerprint density at radius 2 is 1.67 bits per heavy atom. The minimum absolute atomic E-state index is 0.0457. The maximum atomic E-state index is 12.7. The number of nitrogens with zero attached hydrogens (tertiary/aromatic N) is 2. The summed E-state index contributed by atoms with van der Waals surface area (Å²) in [5.74, 6) is 1.65. The molecular formula is C28H31N3O4S. The van der Waals surface area contributed by atoms with Crippen LogP contribution >= 0.6 is 0 Å². The van der Waals surface area contributed by atoms with Crippen molar-refractivity contribution in [3.63, 3.8) is 0 Å². The number of nitrogens with one attached hydrogen (secondary N) is 1. The first-order valence-electron chi connectivity index (χ1n) is 12.0. The molecular weight excluding hydrogens is 474 g/mol. The predicted molar refractivity (Wildman–Crippen MR) is 142 cm³/mol. The van der Waals surface area contributed by atoms with Crippen molar-refractivity contribution in [3.05, 3.63) is 83.7 Å². The second kappa shape index (κ2) is 10.5. The van der Waals surface area contributed by atoms with Gasteiger partial charge in [0.25, 0.3) is 0 Å². The molecule has 4 aromatic rings. The van der Waals surface area contributed by atoms with Crippen molar-refractivity contribution in [3.8, 4) is 5.75 Å². The number of sulfone groups is 1. The van der Waals surface area contributed by atoms with Gasteiger partial charge in [-0.25, -0.2) is 13.4 Å². The summed E-state index contributed by atoms with van der Waals surface area (Å²) >= 11 is 0. The third kappa shape index (κ3) is 5.60. The molecule has 3 aromatic carbocycles. The fourth-order valence-electron chi connectivity index (χ4n) is 4.22. The Morgan fingerprint density at radius 3 is 2.28 bits per heavy atom. The molecule has 0 atom stereocenters. The molecule has 4 rings (SSSR count). The van der Waals surface area contributed by atoms with Gasteiger partial charge in [0, 0.05) is 18.2 Å². The van der Waals surface area contributed by atoms with Gasteiger partial charge in [-0.15, -0.1) is 0 Å². The molecule has 1 amide bonds. The van der Waals surface area contributed by atoms with E-state index in [9.17, 15) is 13.2 Å². The Morgan fingerprint density at radius 1 is 1.00 bits per heavy atom. The van der Waals surface area contributed by atoms with E-state index < -0.39 is 9.84 Å². The van der Waals surface area contributed by atoms with Gasteiger partial charge in [0.2, 0.25) is 5.91 Å². The number of fused-ring (bicyclic) bond motifs is 1. The van der Waals surface area contributed by atoms with Gasteiger partial charge in [-0.1, -0.05) is 31.2 Å². The Hall–Kier alpha value is -3.65. The van der Waals surface area contributed by atoms with E-state index >= 15 is 0 Å². The maximum Gasteiger partial charge on any atom is 0.228 e. The lowest BCUT2D eigenvalue weighted by atomic mass is 10.1. The number of benzene rings is 3. The molecule has 0 saturated heterocycles. The minimum Gasteiger partial charge on any atom is -0.497 e. The van der Waals surface area contributed by atoms with E-state index in [1.54, 1.807) is 38.3 Å². The Kier molecular flexibility index (Phi) is 7.45. The van der Waals surface area contributed by atoms with Gasteiger partial charge >= 0.3 is 0 Å². The first-order valence-corrected chi connectivity index (χ1v) is 13.6.